The van der Waals surface area contributed by atoms with E-state index in [1.807, 2.05) is 4.90 Å². The molecule has 0 radical (unpaired) electrons. The topological polar surface area (TPSA) is 107 Å². The number of hydrogen-bond acceptors (Lipinski definition) is 7. The minimum Gasteiger partial charge on any atom is -0.369 e. The average molecular weight is 622 g/mol. The van der Waals surface area contributed by atoms with Crippen LogP contribution in [0.4, 0.5) is 32.0 Å². The number of nitrogens with one attached hydrogen (secondary N) is 1. The molecule has 0 spiro atoms. The Balaban J connectivity index is 1.81. The van der Waals surface area contributed by atoms with E-state index in [0.29, 0.717) is 30.5 Å². The van der Waals surface area contributed by atoms with E-state index in [1.165, 1.54) is 32.0 Å². The van der Waals surface area contributed by atoms with Crippen molar-refractivity contribution in [2.45, 2.75) is 67.3 Å². The van der Waals surface area contributed by atoms with Gasteiger partial charge in [0.2, 0.25) is 0 Å². The molecule has 1 saturated carbocycles. The van der Waals surface area contributed by atoms with Gasteiger partial charge in [-0.3, -0.25) is 19.4 Å². The van der Waals surface area contributed by atoms with Crippen molar-refractivity contribution in [2.75, 3.05) is 25.2 Å². The van der Waals surface area contributed by atoms with Crippen molar-refractivity contribution in [1.29, 1.82) is 0 Å². The number of amides is 1. The predicted molar refractivity (Wildman–Crippen MR) is 139 cm³/mol. The van der Waals surface area contributed by atoms with Crippen LogP contribution in [0.2, 0.25) is 0 Å². The van der Waals surface area contributed by atoms with E-state index in [9.17, 15) is 49.5 Å². The van der Waals surface area contributed by atoms with Crippen LogP contribution in [0.15, 0.2) is 47.4 Å². The highest BCUT2D eigenvalue weighted by Gasteiger charge is 2.71. The van der Waals surface area contributed by atoms with Crippen LogP contribution in [-0.4, -0.2) is 72.9 Å². The van der Waals surface area contributed by atoms with E-state index in [1.54, 1.807) is 19.0 Å². The van der Waals surface area contributed by atoms with Gasteiger partial charge in [0.25, 0.3) is 11.5 Å². The molecule has 42 heavy (non-hydrogen) atoms. The first kappa shape index (κ1) is 31.9. The molecule has 1 aliphatic carbocycles. The number of Topliss-reactive ketones (excluding diaryl/α,β-unsaturated/α-hetero) is 1. The molecule has 1 aliphatic heterocycles. The summed E-state index contributed by atoms with van der Waals surface area (Å²) in [7, 11) is -0.118. The van der Waals surface area contributed by atoms with Crippen molar-refractivity contribution < 1.29 is 49.5 Å². The number of aliphatic hydroxyl groups is 1. The number of hydrogen-bond donors (Lipinski definition) is 2. The van der Waals surface area contributed by atoms with Crippen molar-refractivity contribution in [1.82, 2.24) is 9.80 Å². The Morgan fingerprint density at radius 2 is 1.55 bits per heavy atom. The third-order valence-corrected chi connectivity index (χ3v) is 9.92. The number of alkyl halides is 6. The summed E-state index contributed by atoms with van der Waals surface area (Å²) >= 11 is 0. The van der Waals surface area contributed by atoms with Crippen LogP contribution in [0, 0.1) is 0 Å². The summed E-state index contributed by atoms with van der Waals surface area (Å²) in [6, 6.07) is 6.41. The van der Waals surface area contributed by atoms with Gasteiger partial charge in [-0.25, -0.2) is 8.42 Å². The molecule has 4 rings (SSSR count). The van der Waals surface area contributed by atoms with Gasteiger partial charge in [0.05, 0.1) is 16.3 Å². The quantitative estimate of drug-likeness (QED) is 0.338. The van der Waals surface area contributed by atoms with Gasteiger partial charge in [0, 0.05) is 17.8 Å². The summed E-state index contributed by atoms with van der Waals surface area (Å²) in [4.78, 5) is 31.1. The number of benzene rings is 2. The second kappa shape index (κ2) is 10.0. The highest BCUT2D eigenvalue weighted by Crippen LogP contribution is 2.55. The van der Waals surface area contributed by atoms with Crippen LogP contribution in [-0.2, 0) is 37.1 Å². The Labute approximate surface area is 238 Å². The van der Waals surface area contributed by atoms with Crippen LogP contribution in [0.1, 0.15) is 43.4 Å². The molecule has 2 N–H and O–H groups in total. The van der Waals surface area contributed by atoms with Gasteiger partial charge in [-0.2, -0.15) is 26.3 Å². The molecule has 0 saturated heterocycles. The van der Waals surface area contributed by atoms with E-state index in [4.69, 9.17) is 0 Å². The smallest absolute Gasteiger partial charge is 0.369 e. The van der Waals surface area contributed by atoms with Crippen molar-refractivity contribution in [3.63, 3.8) is 0 Å². The van der Waals surface area contributed by atoms with Gasteiger partial charge >= 0.3 is 12.4 Å². The van der Waals surface area contributed by atoms with Gasteiger partial charge < -0.3 is 10.4 Å². The third-order valence-electron chi connectivity index (χ3n) is 8.19. The molecule has 2 aromatic carbocycles. The maximum Gasteiger partial charge on any atom is 0.430 e. The predicted octanol–water partition coefficient (Wildman–Crippen LogP) is 4.08. The summed E-state index contributed by atoms with van der Waals surface area (Å²) < 4.78 is 105. The highest BCUT2D eigenvalue weighted by atomic mass is 32.2. The number of anilines is 1. The summed E-state index contributed by atoms with van der Waals surface area (Å²) in [6.45, 7) is 2.68. The number of sulfone groups is 1. The second-order valence-electron chi connectivity index (χ2n) is 10.7. The van der Waals surface area contributed by atoms with Crippen molar-refractivity contribution >= 4 is 27.2 Å². The highest BCUT2D eigenvalue weighted by molar-refractivity contribution is 7.91. The molecule has 1 atom stereocenters. The first-order chi connectivity index (χ1) is 19.2. The summed E-state index contributed by atoms with van der Waals surface area (Å²) in [5.41, 5.74) is -9.01. The monoisotopic (exact) mass is 621 g/mol. The first-order valence-corrected chi connectivity index (χ1v) is 14.5. The average Bonchev–Trinajstić information content (AvgIpc) is 3.62. The lowest BCUT2D eigenvalue weighted by atomic mass is 9.84. The van der Waals surface area contributed by atoms with Crippen LogP contribution >= 0.6 is 0 Å². The molecule has 15 heteroatoms. The summed E-state index contributed by atoms with van der Waals surface area (Å²) in [6.07, 6.45) is -11.0. The Kier molecular flexibility index (Phi) is 7.62. The Morgan fingerprint density at radius 3 is 1.98 bits per heavy atom. The molecular formula is C27H29F6N3O5S. The van der Waals surface area contributed by atoms with Crippen LogP contribution < -0.4 is 5.32 Å². The van der Waals surface area contributed by atoms with Gasteiger partial charge in [-0.05, 0) is 69.3 Å². The largest absolute Gasteiger partial charge is 0.430 e. The van der Waals surface area contributed by atoms with Crippen LogP contribution in [0.3, 0.4) is 0 Å². The molecule has 1 fully saturated rings. The Morgan fingerprint density at radius 1 is 1.00 bits per heavy atom. The Hall–Kier alpha value is -3.01. The third kappa shape index (κ3) is 4.61. The number of fused-ring (bicyclic) bond motifs is 1. The van der Waals surface area contributed by atoms with Gasteiger partial charge in [-0.1, -0.05) is 25.1 Å². The Bertz CT molecular complexity index is 1500. The number of ketones is 1. The number of halogens is 6. The zero-order valence-corrected chi connectivity index (χ0v) is 23.8. The molecule has 230 valence electrons. The number of nitrogens with zero attached hydrogens (tertiary/aromatic N) is 2. The van der Waals surface area contributed by atoms with E-state index >= 15 is 0 Å². The fourth-order valence-electron chi connectivity index (χ4n) is 5.67. The van der Waals surface area contributed by atoms with Crippen LogP contribution in [0.25, 0.3) is 0 Å². The molecule has 1 heterocycles. The van der Waals surface area contributed by atoms with Crippen molar-refractivity contribution in [3.8, 4) is 0 Å². The molecular weight excluding hydrogens is 592 g/mol. The van der Waals surface area contributed by atoms with Crippen molar-refractivity contribution in [2.24, 2.45) is 0 Å². The zero-order chi connectivity index (χ0) is 31.7. The van der Waals surface area contributed by atoms with Gasteiger partial charge in [0.1, 0.15) is 0 Å². The number of carbonyl (C=O) groups excluding carboxylic acids is 2. The lowest BCUT2D eigenvalue weighted by Gasteiger charge is -2.44. The molecule has 0 bridgehead atoms. The second-order valence-corrected chi connectivity index (χ2v) is 13.0. The van der Waals surface area contributed by atoms with Gasteiger partial charge in [-0.15, -0.1) is 0 Å². The van der Waals surface area contributed by atoms with E-state index in [2.05, 4.69) is 5.32 Å². The van der Waals surface area contributed by atoms with E-state index < -0.39 is 56.2 Å². The zero-order valence-electron chi connectivity index (χ0n) is 23.0. The minimum absolute atomic E-state index is 0.00978. The van der Waals surface area contributed by atoms with Gasteiger partial charge in [0.15, 0.2) is 21.2 Å². The summed E-state index contributed by atoms with van der Waals surface area (Å²) in [5, 5.41) is 12.1. The molecule has 1 unspecified atom stereocenters. The SMILES string of the molecule is CCS(=O)(=O)c1ccc2c(c1)CN(C1(N(C)C)CC1)C2(C(C)=O)C(=O)Nc1ccc(C(O)(C(F)(F)F)C(F)(F)F)cc1. The fourth-order valence-corrected chi connectivity index (χ4v) is 6.60. The number of carbonyl (C=O) groups is 2. The standard InChI is InChI=1S/C27H29F6N3O5S/c1-5-42(40,41)20-10-11-21-17(14-20)15-36(23(12-13-23)35(3)4)24(21,16(2)37)22(38)34-19-8-6-18(7-9-19)25(39,26(28,29)30)27(31,32)33/h6-11,14,39H,5,12-13,15H2,1-4H3,(H,34,38). The summed E-state index contributed by atoms with van der Waals surface area (Å²) in [5.74, 6) is -1.73. The number of rotatable bonds is 8. The normalized spacial score (nSPS) is 20.9. The lowest BCUT2D eigenvalue weighted by molar-refractivity contribution is -0.376. The molecule has 0 aromatic heterocycles. The molecule has 2 aliphatic rings. The van der Waals surface area contributed by atoms with Crippen molar-refractivity contribution in [3.05, 3.63) is 59.2 Å². The molecule has 1 amide bonds. The first-order valence-electron chi connectivity index (χ1n) is 12.8. The molecule has 8 nitrogen and oxygen atoms in total. The van der Waals surface area contributed by atoms with E-state index in [0.717, 1.165) is 12.1 Å². The molecule has 2 aromatic rings. The van der Waals surface area contributed by atoms with Crippen LogP contribution in [0.5, 0.6) is 0 Å². The maximum atomic E-state index is 14.1. The minimum atomic E-state index is -6.09. The maximum absolute atomic E-state index is 14.1. The lowest BCUT2D eigenvalue weighted by Crippen LogP contribution is -2.62. The van der Waals surface area contributed by atoms with E-state index in [-0.39, 0.29) is 28.4 Å². The fraction of sp³-hybridized carbons (Fsp3) is 0.481.